The van der Waals surface area contributed by atoms with Crippen LogP contribution in [0.25, 0.3) is 17.7 Å². The molecule has 3 aromatic rings. The monoisotopic (exact) mass is 474 g/mol. The van der Waals surface area contributed by atoms with Crippen molar-refractivity contribution in [2.24, 2.45) is 0 Å². The molecule has 4 rings (SSSR count). The number of amides is 3. The number of nitrogens with one attached hydrogen (secondary N) is 1. The van der Waals surface area contributed by atoms with Crippen molar-refractivity contribution in [3.05, 3.63) is 58.9 Å². The van der Waals surface area contributed by atoms with Gasteiger partial charge in [-0.1, -0.05) is 30.0 Å². The van der Waals surface area contributed by atoms with Gasteiger partial charge in [0.05, 0.1) is 16.9 Å². The Balaban J connectivity index is 1.24. The third-order valence-electron chi connectivity index (χ3n) is 4.19. The molecular formula is C20H15FN4O5S2. The van der Waals surface area contributed by atoms with E-state index in [0.29, 0.717) is 5.76 Å². The summed E-state index contributed by atoms with van der Waals surface area (Å²) in [5.74, 6) is -0.698. The number of hydrogen-bond acceptors (Lipinski definition) is 9. The average molecular weight is 474 g/mol. The highest BCUT2D eigenvalue weighted by molar-refractivity contribution is 8.18. The van der Waals surface area contributed by atoms with Crippen LogP contribution in [0.4, 0.5) is 9.18 Å². The second kappa shape index (κ2) is 9.83. The van der Waals surface area contributed by atoms with Crippen LogP contribution < -0.4 is 5.32 Å². The van der Waals surface area contributed by atoms with E-state index in [9.17, 15) is 18.8 Å². The summed E-state index contributed by atoms with van der Waals surface area (Å²) in [6.07, 6.45) is 2.82. The lowest BCUT2D eigenvalue weighted by atomic mass is 10.2. The highest BCUT2D eigenvalue weighted by Gasteiger charge is 2.34. The molecule has 12 heteroatoms. The van der Waals surface area contributed by atoms with Gasteiger partial charge in [0.1, 0.15) is 5.82 Å². The molecule has 0 atom stereocenters. The quantitative estimate of drug-likeness (QED) is 0.387. The summed E-state index contributed by atoms with van der Waals surface area (Å²) in [6.45, 7) is 0.0742. The summed E-state index contributed by atoms with van der Waals surface area (Å²) < 4.78 is 24.3. The first-order chi connectivity index (χ1) is 15.5. The van der Waals surface area contributed by atoms with Crippen molar-refractivity contribution in [1.82, 2.24) is 20.4 Å². The number of thioether (sulfide) groups is 2. The molecule has 3 amide bonds. The van der Waals surface area contributed by atoms with E-state index in [1.165, 1.54) is 30.5 Å². The van der Waals surface area contributed by atoms with Crippen LogP contribution in [0.15, 0.2) is 61.6 Å². The van der Waals surface area contributed by atoms with Crippen LogP contribution in [0.5, 0.6) is 0 Å². The van der Waals surface area contributed by atoms with E-state index in [2.05, 4.69) is 15.5 Å². The van der Waals surface area contributed by atoms with Gasteiger partial charge in [-0.25, -0.2) is 4.39 Å². The van der Waals surface area contributed by atoms with Gasteiger partial charge in [0.25, 0.3) is 22.3 Å². The van der Waals surface area contributed by atoms with Crippen molar-refractivity contribution in [3.63, 3.8) is 0 Å². The highest BCUT2D eigenvalue weighted by atomic mass is 32.2. The minimum Gasteiger partial charge on any atom is -0.459 e. The van der Waals surface area contributed by atoms with Crippen LogP contribution >= 0.6 is 23.5 Å². The number of halogens is 1. The van der Waals surface area contributed by atoms with Crippen molar-refractivity contribution in [3.8, 4) is 11.7 Å². The molecule has 1 N–H and O–H groups in total. The van der Waals surface area contributed by atoms with Crippen LogP contribution in [0, 0.1) is 5.82 Å². The van der Waals surface area contributed by atoms with Crippen LogP contribution in [-0.4, -0.2) is 51.0 Å². The summed E-state index contributed by atoms with van der Waals surface area (Å²) in [5, 5.41) is 10.0. The number of furan rings is 1. The lowest BCUT2D eigenvalue weighted by molar-refractivity contribution is -0.123. The van der Waals surface area contributed by atoms with Gasteiger partial charge < -0.3 is 14.2 Å². The Morgan fingerprint density at radius 1 is 1.22 bits per heavy atom. The summed E-state index contributed by atoms with van der Waals surface area (Å²) in [6, 6.07) is 9.32. The number of carbonyl (C=O) groups is 3. The topological polar surface area (TPSA) is 119 Å². The maximum absolute atomic E-state index is 13.8. The number of hydrogen-bond donors (Lipinski definition) is 1. The van der Waals surface area contributed by atoms with Gasteiger partial charge in [-0.2, -0.15) is 0 Å². The zero-order valence-electron chi connectivity index (χ0n) is 16.3. The van der Waals surface area contributed by atoms with E-state index < -0.39 is 17.0 Å². The molecule has 1 saturated heterocycles. The van der Waals surface area contributed by atoms with Gasteiger partial charge in [0.2, 0.25) is 5.91 Å². The average Bonchev–Trinajstić information content (AvgIpc) is 3.51. The van der Waals surface area contributed by atoms with Crippen LogP contribution in [0.1, 0.15) is 5.56 Å². The predicted molar refractivity (Wildman–Crippen MR) is 115 cm³/mol. The van der Waals surface area contributed by atoms with Gasteiger partial charge in [0.15, 0.2) is 5.76 Å². The second-order valence-electron chi connectivity index (χ2n) is 6.34. The molecule has 1 fully saturated rings. The third kappa shape index (κ3) is 5.08. The lowest BCUT2D eigenvalue weighted by Crippen LogP contribution is -2.37. The van der Waals surface area contributed by atoms with Crippen molar-refractivity contribution < 1.29 is 27.6 Å². The molecule has 9 nitrogen and oxygen atoms in total. The number of aromatic nitrogens is 2. The van der Waals surface area contributed by atoms with Gasteiger partial charge in [-0.15, -0.1) is 10.2 Å². The first kappa shape index (κ1) is 21.8. The molecule has 1 aliphatic rings. The predicted octanol–water partition coefficient (Wildman–Crippen LogP) is 3.41. The van der Waals surface area contributed by atoms with Gasteiger partial charge in [-0.3, -0.25) is 19.3 Å². The van der Waals surface area contributed by atoms with E-state index in [1.807, 2.05) is 0 Å². The summed E-state index contributed by atoms with van der Waals surface area (Å²) in [5.41, 5.74) is 0.222. The molecule has 0 unspecified atom stereocenters. The maximum Gasteiger partial charge on any atom is 0.293 e. The van der Waals surface area contributed by atoms with E-state index in [-0.39, 0.29) is 46.3 Å². The SMILES string of the molecule is O=C(CSc1nnc(-c2ccco2)o1)NCCN1C(=O)SC(=Cc2ccccc2F)C1=O. The van der Waals surface area contributed by atoms with Gasteiger partial charge in [0, 0.05) is 18.7 Å². The molecule has 1 aliphatic heterocycles. The fraction of sp³-hybridized carbons (Fsp3) is 0.150. The molecule has 0 spiro atoms. The number of nitrogens with zero attached hydrogens (tertiary/aromatic N) is 3. The minimum absolute atomic E-state index is 0.00111. The fourth-order valence-electron chi connectivity index (χ4n) is 2.68. The fourth-order valence-corrected chi connectivity index (χ4v) is 4.13. The van der Waals surface area contributed by atoms with E-state index in [0.717, 1.165) is 28.4 Å². The highest BCUT2D eigenvalue weighted by Crippen LogP contribution is 2.32. The Labute approximate surface area is 189 Å². The molecule has 0 radical (unpaired) electrons. The van der Waals surface area contributed by atoms with Crippen molar-refractivity contribution >= 4 is 46.7 Å². The molecule has 164 valence electrons. The van der Waals surface area contributed by atoms with Crippen LogP contribution in [0.2, 0.25) is 0 Å². The largest absolute Gasteiger partial charge is 0.459 e. The number of rotatable bonds is 8. The molecule has 2 aromatic heterocycles. The Bertz CT molecular complexity index is 1180. The normalized spacial score (nSPS) is 15.0. The Morgan fingerprint density at radius 3 is 2.84 bits per heavy atom. The van der Waals surface area contributed by atoms with Crippen LogP contribution in [0.3, 0.4) is 0 Å². The Hall–Kier alpha value is -3.38. The zero-order chi connectivity index (χ0) is 22.5. The standard InChI is InChI=1S/C20H15FN4O5S2/c21-13-5-2-1-4-12(13)10-15-18(27)25(20(28)32-15)8-7-22-16(26)11-31-19-24-23-17(30-19)14-6-3-9-29-14/h1-6,9-10H,7-8,11H2,(H,22,26). The first-order valence-electron chi connectivity index (χ1n) is 9.28. The minimum atomic E-state index is -0.525. The van der Waals surface area contributed by atoms with Crippen molar-refractivity contribution in [2.75, 3.05) is 18.8 Å². The Morgan fingerprint density at radius 2 is 2.06 bits per heavy atom. The second-order valence-corrected chi connectivity index (χ2v) is 8.26. The molecule has 3 heterocycles. The van der Waals surface area contributed by atoms with Crippen molar-refractivity contribution in [1.29, 1.82) is 0 Å². The summed E-state index contributed by atoms with van der Waals surface area (Å²) in [7, 11) is 0. The van der Waals surface area contributed by atoms with Gasteiger partial charge in [-0.05, 0) is 36.0 Å². The van der Waals surface area contributed by atoms with E-state index in [4.69, 9.17) is 8.83 Å². The number of benzene rings is 1. The lowest BCUT2D eigenvalue weighted by Gasteiger charge is -2.12. The number of carbonyl (C=O) groups excluding carboxylic acids is 3. The maximum atomic E-state index is 13.8. The molecular weight excluding hydrogens is 459 g/mol. The first-order valence-corrected chi connectivity index (χ1v) is 11.1. The molecule has 32 heavy (non-hydrogen) atoms. The smallest absolute Gasteiger partial charge is 0.293 e. The van der Waals surface area contributed by atoms with E-state index in [1.54, 1.807) is 18.2 Å². The van der Waals surface area contributed by atoms with Crippen molar-refractivity contribution in [2.45, 2.75) is 5.22 Å². The summed E-state index contributed by atoms with van der Waals surface area (Å²) >= 11 is 1.78. The summed E-state index contributed by atoms with van der Waals surface area (Å²) in [4.78, 5) is 37.8. The molecule has 0 bridgehead atoms. The third-order valence-corrected chi connectivity index (χ3v) is 5.91. The van der Waals surface area contributed by atoms with Crippen LogP contribution in [-0.2, 0) is 9.59 Å². The van der Waals surface area contributed by atoms with E-state index >= 15 is 0 Å². The zero-order valence-corrected chi connectivity index (χ0v) is 18.0. The molecule has 0 saturated carbocycles. The number of imide groups is 1. The Kier molecular flexibility index (Phi) is 6.71. The molecule has 0 aliphatic carbocycles. The van der Waals surface area contributed by atoms with Gasteiger partial charge >= 0.3 is 0 Å². The molecule has 1 aromatic carbocycles.